The standard InChI is InChI=1S/C15H25NO3/c1-8(2)5-6-10-13(17)12(15(19)14(10)18)11(16)7-9(3)4/h8-10,14,16-18H,5-7H2,1-4H3. The number of carbonyl (C=O) groups is 1. The van der Waals surface area contributed by atoms with Crippen LogP contribution in [0.15, 0.2) is 11.3 Å². The molecule has 0 radical (unpaired) electrons. The molecular formula is C15H25NO3. The maximum absolute atomic E-state index is 12.0. The summed E-state index contributed by atoms with van der Waals surface area (Å²) in [7, 11) is 0. The van der Waals surface area contributed by atoms with Crippen LogP contribution in [0.3, 0.4) is 0 Å². The number of hydrogen-bond acceptors (Lipinski definition) is 4. The van der Waals surface area contributed by atoms with Crippen molar-refractivity contribution in [2.75, 3.05) is 0 Å². The first-order valence-corrected chi connectivity index (χ1v) is 6.98. The third kappa shape index (κ3) is 3.66. The third-order valence-corrected chi connectivity index (χ3v) is 3.47. The Bertz CT molecular complexity index is 396. The predicted molar refractivity (Wildman–Crippen MR) is 75.4 cm³/mol. The van der Waals surface area contributed by atoms with Crippen LogP contribution in [0.5, 0.6) is 0 Å². The van der Waals surface area contributed by atoms with Gasteiger partial charge in [0, 0.05) is 5.71 Å². The molecule has 0 aliphatic heterocycles. The molecule has 0 amide bonds. The summed E-state index contributed by atoms with van der Waals surface area (Å²) >= 11 is 0. The van der Waals surface area contributed by atoms with Crippen LogP contribution < -0.4 is 0 Å². The van der Waals surface area contributed by atoms with E-state index in [1.54, 1.807) is 0 Å². The van der Waals surface area contributed by atoms with E-state index < -0.39 is 17.8 Å². The minimum atomic E-state index is -1.18. The number of ketones is 1. The molecule has 0 heterocycles. The van der Waals surface area contributed by atoms with Gasteiger partial charge in [-0.15, -0.1) is 0 Å². The molecular weight excluding hydrogens is 242 g/mol. The van der Waals surface area contributed by atoms with Crippen LogP contribution in [0, 0.1) is 23.2 Å². The first kappa shape index (κ1) is 15.9. The van der Waals surface area contributed by atoms with Crippen LogP contribution in [0.1, 0.15) is 47.0 Å². The molecule has 2 unspecified atom stereocenters. The minimum Gasteiger partial charge on any atom is -0.511 e. The Kier molecular flexibility index (Phi) is 5.29. The van der Waals surface area contributed by atoms with Crippen LogP contribution in [-0.4, -0.2) is 27.8 Å². The Hall–Kier alpha value is -1.16. The Morgan fingerprint density at radius 2 is 1.84 bits per heavy atom. The van der Waals surface area contributed by atoms with E-state index in [0.717, 1.165) is 6.42 Å². The highest BCUT2D eigenvalue weighted by Gasteiger charge is 2.42. The molecule has 0 saturated carbocycles. The maximum atomic E-state index is 12.0. The first-order chi connectivity index (χ1) is 8.75. The summed E-state index contributed by atoms with van der Waals surface area (Å²) in [4.78, 5) is 12.0. The fraction of sp³-hybridized carbons (Fsp3) is 0.733. The Labute approximate surface area is 115 Å². The topological polar surface area (TPSA) is 81.4 Å². The molecule has 19 heavy (non-hydrogen) atoms. The molecule has 1 rings (SSSR count). The van der Waals surface area contributed by atoms with Gasteiger partial charge >= 0.3 is 0 Å². The normalized spacial score (nSPS) is 23.8. The zero-order valence-corrected chi connectivity index (χ0v) is 12.2. The fourth-order valence-electron chi connectivity index (χ4n) is 2.41. The van der Waals surface area contributed by atoms with Gasteiger partial charge in [-0.25, -0.2) is 0 Å². The molecule has 0 aromatic heterocycles. The molecule has 4 heteroatoms. The summed E-state index contributed by atoms with van der Waals surface area (Å²) in [6, 6.07) is 0. The van der Waals surface area contributed by atoms with Crippen LogP contribution in [0.2, 0.25) is 0 Å². The molecule has 2 atom stereocenters. The number of nitrogens with one attached hydrogen (secondary N) is 1. The number of carbonyl (C=O) groups excluding carboxylic acids is 1. The van der Waals surface area contributed by atoms with E-state index in [9.17, 15) is 15.0 Å². The number of Topliss-reactive ketones (excluding diaryl/α,β-unsaturated/α-hetero) is 1. The Balaban J connectivity index is 2.89. The van der Waals surface area contributed by atoms with Crippen molar-refractivity contribution in [1.82, 2.24) is 0 Å². The van der Waals surface area contributed by atoms with Crippen molar-refractivity contribution in [2.45, 2.75) is 53.1 Å². The second kappa shape index (κ2) is 6.33. The lowest BCUT2D eigenvalue weighted by Crippen LogP contribution is -2.25. The molecule has 3 N–H and O–H groups in total. The van der Waals surface area contributed by atoms with E-state index >= 15 is 0 Å². The van der Waals surface area contributed by atoms with Crippen molar-refractivity contribution < 1.29 is 15.0 Å². The van der Waals surface area contributed by atoms with Gasteiger partial charge < -0.3 is 15.6 Å². The summed E-state index contributed by atoms with van der Waals surface area (Å²) in [5, 5.41) is 28.0. The highest BCUT2D eigenvalue weighted by atomic mass is 16.3. The molecule has 1 aliphatic rings. The summed E-state index contributed by atoms with van der Waals surface area (Å²) in [5.74, 6) is -0.403. The average Bonchev–Trinajstić information content (AvgIpc) is 2.47. The van der Waals surface area contributed by atoms with Crippen LogP contribution >= 0.6 is 0 Å². The molecule has 0 aromatic rings. The van der Waals surface area contributed by atoms with E-state index in [2.05, 4.69) is 13.8 Å². The van der Waals surface area contributed by atoms with E-state index in [4.69, 9.17) is 5.41 Å². The smallest absolute Gasteiger partial charge is 0.197 e. The van der Waals surface area contributed by atoms with Gasteiger partial charge in [-0.3, -0.25) is 4.79 Å². The van der Waals surface area contributed by atoms with E-state index in [-0.39, 0.29) is 23.0 Å². The molecule has 108 valence electrons. The molecule has 0 bridgehead atoms. The number of rotatable bonds is 6. The van der Waals surface area contributed by atoms with E-state index in [0.29, 0.717) is 18.8 Å². The fourth-order valence-corrected chi connectivity index (χ4v) is 2.41. The summed E-state index contributed by atoms with van der Waals surface area (Å²) in [5.41, 5.74) is 0.193. The van der Waals surface area contributed by atoms with E-state index in [1.165, 1.54) is 0 Å². The average molecular weight is 267 g/mol. The number of aliphatic hydroxyl groups excluding tert-OH is 2. The van der Waals surface area contributed by atoms with Gasteiger partial charge in [0.2, 0.25) is 0 Å². The lowest BCUT2D eigenvalue weighted by Gasteiger charge is -2.15. The monoisotopic (exact) mass is 267 g/mol. The Morgan fingerprint density at radius 3 is 2.32 bits per heavy atom. The summed E-state index contributed by atoms with van der Waals surface area (Å²) in [6.07, 6.45) is 0.675. The van der Waals surface area contributed by atoms with Crippen molar-refractivity contribution in [3.8, 4) is 0 Å². The molecule has 1 aliphatic carbocycles. The van der Waals surface area contributed by atoms with Crippen LogP contribution in [0.25, 0.3) is 0 Å². The van der Waals surface area contributed by atoms with E-state index in [1.807, 2.05) is 13.8 Å². The van der Waals surface area contributed by atoms with Crippen molar-refractivity contribution in [3.05, 3.63) is 11.3 Å². The van der Waals surface area contributed by atoms with Gasteiger partial charge in [-0.05, 0) is 24.7 Å². The second-order valence-electron chi connectivity index (χ2n) is 6.22. The molecule has 4 nitrogen and oxygen atoms in total. The third-order valence-electron chi connectivity index (χ3n) is 3.47. The Morgan fingerprint density at radius 1 is 1.26 bits per heavy atom. The zero-order chi connectivity index (χ0) is 14.7. The number of hydrogen-bond donors (Lipinski definition) is 3. The first-order valence-electron chi connectivity index (χ1n) is 6.98. The molecule has 0 saturated heterocycles. The summed E-state index contributed by atoms with van der Waals surface area (Å²) < 4.78 is 0. The van der Waals surface area contributed by atoms with Crippen molar-refractivity contribution in [2.24, 2.45) is 17.8 Å². The molecule has 0 aromatic carbocycles. The maximum Gasteiger partial charge on any atom is 0.197 e. The predicted octanol–water partition coefficient (Wildman–Crippen LogP) is 2.86. The van der Waals surface area contributed by atoms with Gasteiger partial charge in [-0.1, -0.05) is 34.1 Å². The molecule has 0 fully saturated rings. The quantitative estimate of drug-likeness (QED) is 0.647. The largest absolute Gasteiger partial charge is 0.511 e. The number of aliphatic hydroxyl groups is 2. The van der Waals surface area contributed by atoms with Gasteiger partial charge in [0.15, 0.2) is 5.78 Å². The zero-order valence-electron chi connectivity index (χ0n) is 12.2. The summed E-state index contributed by atoms with van der Waals surface area (Å²) in [6.45, 7) is 8.04. The van der Waals surface area contributed by atoms with Crippen molar-refractivity contribution >= 4 is 11.5 Å². The van der Waals surface area contributed by atoms with Crippen molar-refractivity contribution in [3.63, 3.8) is 0 Å². The van der Waals surface area contributed by atoms with Gasteiger partial charge in [0.25, 0.3) is 0 Å². The van der Waals surface area contributed by atoms with Crippen LogP contribution in [-0.2, 0) is 4.79 Å². The second-order valence-corrected chi connectivity index (χ2v) is 6.22. The SMILES string of the molecule is CC(C)CCC1C(O)=C(C(=N)CC(C)C)C(=O)C1O. The van der Waals surface area contributed by atoms with Gasteiger partial charge in [0.05, 0.1) is 11.5 Å². The van der Waals surface area contributed by atoms with Gasteiger partial charge in [-0.2, -0.15) is 0 Å². The van der Waals surface area contributed by atoms with Crippen LogP contribution in [0.4, 0.5) is 0 Å². The lowest BCUT2D eigenvalue weighted by atomic mass is 9.94. The minimum absolute atomic E-state index is 0.0509. The highest BCUT2D eigenvalue weighted by molar-refractivity contribution is 6.24. The highest BCUT2D eigenvalue weighted by Crippen LogP contribution is 2.33. The molecule has 0 spiro atoms. The van der Waals surface area contributed by atoms with Gasteiger partial charge in [0.1, 0.15) is 11.9 Å². The lowest BCUT2D eigenvalue weighted by molar-refractivity contribution is -0.123. The van der Waals surface area contributed by atoms with Crippen molar-refractivity contribution in [1.29, 1.82) is 5.41 Å².